The number of nitrogens with one attached hydrogen (secondary N) is 1. The summed E-state index contributed by atoms with van der Waals surface area (Å²) in [5.74, 6) is -0.860. The average molecular weight is 147 g/mol. The summed E-state index contributed by atoms with van der Waals surface area (Å²) in [5, 5.41) is 11.2. The Kier molecular flexibility index (Phi) is 1.89. The van der Waals surface area contributed by atoms with Gasteiger partial charge in [0.2, 0.25) is 0 Å². The van der Waals surface area contributed by atoms with Gasteiger partial charge in [-0.25, -0.2) is 4.39 Å². The molecule has 0 heterocycles. The van der Waals surface area contributed by atoms with Crippen molar-refractivity contribution in [2.75, 3.05) is 13.2 Å². The molecule has 0 spiro atoms. The standard InChI is InChI=1S/C6H10FNO2/c7-3-4-8-6(1-2-6)5(9)10/h8H,1-4H2,(H,9,10). The first-order chi connectivity index (χ1) is 4.71. The Bertz CT molecular complexity index is 145. The maximum Gasteiger partial charge on any atom is 0.323 e. The number of hydrogen-bond acceptors (Lipinski definition) is 2. The summed E-state index contributed by atoms with van der Waals surface area (Å²) >= 11 is 0. The van der Waals surface area contributed by atoms with E-state index in [4.69, 9.17) is 5.11 Å². The normalized spacial score (nSPS) is 20.5. The Morgan fingerprint density at radius 2 is 2.30 bits per heavy atom. The molecular formula is C6H10FNO2. The van der Waals surface area contributed by atoms with Gasteiger partial charge in [0, 0.05) is 6.54 Å². The third-order valence-electron chi connectivity index (χ3n) is 1.72. The lowest BCUT2D eigenvalue weighted by Crippen LogP contribution is -2.40. The highest BCUT2D eigenvalue weighted by molar-refractivity contribution is 5.82. The summed E-state index contributed by atoms with van der Waals surface area (Å²) < 4.78 is 11.6. The number of carboxylic acid groups (broad SMARTS) is 1. The quantitative estimate of drug-likeness (QED) is 0.595. The van der Waals surface area contributed by atoms with Crippen LogP contribution in [0.15, 0.2) is 0 Å². The fraction of sp³-hybridized carbons (Fsp3) is 0.833. The summed E-state index contributed by atoms with van der Waals surface area (Å²) in [6, 6.07) is 0. The topological polar surface area (TPSA) is 49.3 Å². The van der Waals surface area contributed by atoms with Crippen molar-refractivity contribution in [1.82, 2.24) is 5.32 Å². The first-order valence-corrected chi connectivity index (χ1v) is 3.26. The average Bonchev–Trinajstić information content (AvgIpc) is 2.64. The van der Waals surface area contributed by atoms with Gasteiger partial charge in [0.25, 0.3) is 0 Å². The Hall–Kier alpha value is -0.640. The van der Waals surface area contributed by atoms with Gasteiger partial charge in [0.05, 0.1) is 0 Å². The lowest BCUT2D eigenvalue weighted by atomic mass is 10.3. The van der Waals surface area contributed by atoms with Crippen LogP contribution in [0, 0.1) is 0 Å². The number of carboxylic acids is 1. The molecule has 0 aliphatic heterocycles. The van der Waals surface area contributed by atoms with Crippen molar-refractivity contribution in [1.29, 1.82) is 0 Å². The van der Waals surface area contributed by atoms with Gasteiger partial charge in [0.15, 0.2) is 0 Å². The molecule has 0 aromatic carbocycles. The largest absolute Gasteiger partial charge is 0.480 e. The number of alkyl halides is 1. The van der Waals surface area contributed by atoms with Crippen LogP contribution in [0.4, 0.5) is 4.39 Å². The molecule has 10 heavy (non-hydrogen) atoms. The van der Waals surface area contributed by atoms with Crippen molar-refractivity contribution >= 4 is 5.97 Å². The van der Waals surface area contributed by atoms with E-state index in [0.717, 1.165) is 0 Å². The number of rotatable bonds is 4. The minimum Gasteiger partial charge on any atom is -0.480 e. The number of halogens is 1. The fourth-order valence-electron chi connectivity index (χ4n) is 0.878. The molecule has 1 aliphatic carbocycles. The minimum atomic E-state index is -0.860. The molecule has 1 rings (SSSR count). The molecule has 4 heteroatoms. The van der Waals surface area contributed by atoms with Gasteiger partial charge < -0.3 is 5.11 Å². The van der Waals surface area contributed by atoms with Crippen molar-refractivity contribution in [3.63, 3.8) is 0 Å². The maximum absolute atomic E-state index is 11.6. The van der Waals surface area contributed by atoms with Gasteiger partial charge >= 0.3 is 5.97 Å². The van der Waals surface area contributed by atoms with Crippen molar-refractivity contribution in [2.45, 2.75) is 18.4 Å². The molecule has 0 aromatic heterocycles. The second kappa shape index (κ2) is 2.54. The number of hydrogen-bond donors (Lipinski definition) is 2. The van der Waals surface area contributed by atoms with E-state index in [0.29, 0.717) is 12.8 Å². The van der Waals surface area contributed by atoms with Gasteiger partial charge in [-0.1, -0.05) is 0 Å². The first-order valence-electron chi connectivity index (χ1n) is 3.26. The molecule has 1 aliphatic rings. The van der Waals surface area contributed by atoms with Gasteiger partial charge in [-0.2, -0.15) is 0 Å². The summed E-state index contributed by atoms with van der Waals surface area (Å²) in [4.78, 5) is 10.4. The summed E-state index contributed by atoms with van der Waals surface area (Å²) in [6.45, 7) is -0.360. The molecule has 3 nitrogen and oxygen atoms in total. The van der Waals surface area contributed by atoms with E-state index >= 15 is 0 Å². The van der Waals surface area contributed by atoms with Crippen LogP contribution < -0.4 is 5.32 Å². The van der Waals surface area contributed by atoms with Gasteiger partial charge in [-0.3, -0.25) is 10.1 Å². The molecule has 0 unspecified atom stereocenters. The van der Waals surface area contributed by atoms with E-state index in [9.17, 15) is 9.18 Å². The number of carbonyl (C=O) groups is 1. The van der Waals surface area contributed by atoms with Crippen LogP contribution in [0.25, 0.3) is 0 Å². The third kappa shape index (κ3) is 1.26. The van der Waals surface area contributed by atoms with Crippen LogP contribution in [0.1, 0.15) is 12.8 Å². The molecule has 0 bridgehead atoms. The smallest absolute Gasteiger partial charge is 0.323 e. The Balaban J connectivity index is 2.31. The highest BCUT2D eigenvalue weighted by atomic mass is 19.1. The molecule has 0 saturated heterocycles. The van der Waals surface area contributed by atoms with Crippen molar-refractivity contribution < 1.29 is 14.3 Å². The zero-order chi connectivity index (χ0) is 7.61. The Labute approximate surface area is 58.2 Å². The van der Waals surface area contributed by atoms with Crippen LogP contribution in [0.3, 0.4) is 0 Å². The summed E-state index contributed by atoms with van der Waals surface area (Å²) in [6.07, 6.45) is 1.25. The van der Waals surface area contributed by atoms with E-state index in [-0.39, 0.29) is 6.54 Å². The van der Waals surface area contributed by atoms with Crippen LogP contribution in [0.5, 0.6) is 0 Å². The Morgan fingerprint density at radius 1 is 1.70 bits per heavy atom. The third-order valence-corrected chi connectivity index (χ3v) is 1.72. The second-order valence-electron chi connectivity index (χ2n) is 2.50. The summed E-state index contributed by atoms with van der Waals surface area (Å²) in [7, 11) is 0. The van der Waals surface area contributed by atoms with E-state index in [1.807, 2.05) is 0 Å². The SMILES string of the molecule is O=C(O)C1(NCCF)CC1. The van der Waals surface area contributed by atoms with Crippen LogP contribution in [-0.2, 0) is 4.79 Å². The minimum absolute atomic E-state index is 0.145. The van der Waals surface area contributed by atoms with Crippen molar-refractivity contribution in [3.8, 4) is 0 Å². The van der Waals surface area contributed by atoms with Gasteiger partial charge in [-0.05, 0) is 12.8 Å². The van der Waals surface area contributed by atoms with Gasteiger partial charge in [-0.15, -0.1) is 0 Å². The molecule has 58 valence electrons. The van der Waals surface area contributed by atoms with E-state index in [1.165, 1.54) is 0 Å². The lowest BCUT2D eigenvalue weighted by molar-refractivity contribution is -0.140. The molecule has 0 amide bonds. The highest BCUT2D eigenvalue weighted by Crippen LogP contribution is 2.35. The number of aliphatic carboxylic acids is 1. The zero-order valence-electron chi connectivity index (χ0n) is 5.56. The van der Waals surface area contributed by atoms with E-state index < -0.39 is 18.2 Å². The monoisotopic (exact) mass is 147 g/mol. The predicted molar refractivity (Wildman–Crippen MR) is 33.6 cm³/mol. The summed E-state index contributed by atoms with van der Waals surface area (Å²) in [5.41, 5.74) is -0.772. The molecule has 1 fully saturated rings. The van der Waals surface area contributed by atoms with E-state index in [1.54, 1.807) is 0 Å². The molecule has 1 saturated carbocycles. The van der Waals surface area contributed by atoms with Crippen LogP contribution in [0.2, 0.25) is 0 Å². The molecule has 0 atom stereocenters. The first kappa shape index (κ1) is 7.47. The van der Waals surface area contributed by atoms with Crippen molar-refractivity contribution in [2.24, 2.45) is 0 Å². The van der Waals surface area contributed by atoms with E-state index in [2.05, 4.69) is 5.32 Å². The van der Waals surface area contributed by atoms with Crippen molar-refractivity contribution in [3.05, 3.63) is 0 Å². The fourth-order valence-corrected chi connectivity index (χ4v) is 0.878. The molecule has 2 N–H and O–H groups in total. The second-order valence-corrected chi connectivity index (χ2v) is 2.50. The molecule has 0 aromatic rings. The van der Waals surface area contributed by atoms with Gasteiger partial charge in [0.1, 0.15) is 12.2 Å². The predicted octanol–water partition coefficient (Wildman–Crippen LogP) is 0.163. The Morgan fingerprint density at radius 3 is 2.60 bits per heavy atom. The lowest BCUT2D eigenvalue weighted by Gasteiger charge is -2.09. The molecular weight excluding hydrogens is 137 g/mol. The molecule has 0 radical (unpaired) electrons. The highest BCUT2D eigenvalue weighted by Gasteiger charge is 2.49. The maximum atomic E-state index is 11.6. The van der Waals surface area contributed by atoms with Crippen LogP contribution >= 0.6 is 0 Å². The van der Waals surface area contributed by atoms with Crippen LogP contribution in [-0.4, -0.2) is 29.8 Å². The zero-order valence-corrected chi connectivity index (χ0v) is 5.56.